The van der Waals surface area contributed by atoms with E-state index in [9.17, 15) is 9.90 Å². The third-order valence-corrected chi connectivity index (χ3v) is 3.56. The zero-order chi connectivity index (χ0) is 15.8. The van der Waals surface area contributed by atoms with Gasteiger partial charge in [-0.25, -0.2) is 4.79 Å². The zero-order valence-electron chi connectivity index (χ0n) is 13.3. The maximum Gasteiger partial charge on any atom is 0.341 e. The standard InChI is InChI=1S/C17H27NO3/c1-12(2)5-4-6-13(3)9-10-21-17(20)15-11-14(18)7-8-16(15)19/h7-8,11-13,19H,4-6,9-10,18H2,1-3H3/t13-/m0/s1. The van der Waals surface area contributed by atoms with Crippen molar-refractivity contribution < 1.29 is 14.6 Å². The summed E-state index contributed by atoms with van der Waals surface area (Å²) in [5.41, 5.74) is 6.16. The van der Waals surface area contributed by atoms with Crippen LogP contribution in [0.5, 0.6) is 5.75 Å². The molecular weight excluding hydrogens is 266 g/mol. The van der Waals surface area contributed by atoms with E-state index in [1.807, 2.05) is 0 Å². The number of rotatable bonds is 8. The van der Waals surface area contributed by atoms with Gasteiger partial charge in [-0.1, -0.05) is 40.0 Å². The van der Waals surface area contributed by atoms with Gasteiger partial charge in [-0.2, -0.15) is 0 Å². The summed E-state index contributed by atoms with van der Waals surface area (Å²) in [5, 5.41) is 9.63. The molecule has 0 saturated heterocycles. The number of hydrogen-bond donors (Lipinski definition) is 2. The molecule has 0 heterocycles. The van der Waals surface area contributed by atoms with Gasteiger partial charge in [0.25, 0.3) is 0 Å². The molecule has 3 N–H and O–H groups in total. The van der Waals surface area contributed by atoms with Crippen LogP contribution in [0.2, 0.25) is 0 Å². The molecule has 0 aliphatic rings. The Labute approximate surface area is 127 Å². The first-order valence-corrected chi connectivity index (χ1v) is 7.65. The summed E-state index contributed by atoms with van der Waals surface area (Å²) in [4.78, 5) is 11.9. The van der Waals surface area contributed by atoms with Gasteiger partial charge in [0, 0.05) is 5.69 Å². The number of phenolic OH excluding ortho intramolecular Hbond substituents is 1. The number of aromatic hydroxyl groups is 1. The summed E-state index contributed by atoms with van der Waals surface area (Å²) in [6.45, 7) is 7.00. The van der Waals surface area contributed by atoms with Gasteiger partial charge in [-0.3, -0.25) is 0 Å². The van der Waals surface area contributed by atoms with E-state index in [-0.39, 0.29) is 11.3 Å². The second-order valence-electron chi connectivity index (χ2n) is 6.13. The molecule has 0 aliphatic heterocycles. The molecule has 0 spiro atoms. The van der Waals surface area contributed by atoms with Gasteiger partial charge in [0.2, 0.25) is 0 Å². The number of benzene rings is 1. The maximum atomic E-state index is 11.9. The molecule has 4 nitrogen and oxygen atoms in total. The van der Waals surface area contributed by atoms with Crippen molar-refractivity contribution in [2.24, 2.45) is 11.8 Å². The summed E-state index contributed by atoms with van der Waals surface area (Å²) in [6.07, 6.45) is 4.44. The van der Waals surface area contributed by atoms with Crippen molar-refractivity contribution in [1.82, 2.24) is 0 Å². The number of phenols is 1. The number of nitrogens with two attached hydrogens (primary N) is 1. The lowest BCUT2D eigenvalue weighted by Gasteiger charge is -2.13. The van der Waals surface area contributed by atoms with Gasteiger partial charge in [0.05, 0.1) is 6.61 Å². The molecular formula is C17H27NO3. The van der Waals surface area contributed by atoms with E-state index in [0.29, 0.717) is 18.2 Å². The lowest BCUT2D eigenvalue weighted by Crippen LogP contribution is -2.10. The highest BCUT2D eigenvalue weighted by Gasteiger charge is 2.13. The number of carbonyl (C=O) groups excluding carboxylic acids is 1. The van der Waals surface area contributed by atoms with Crippen molar-refractivity contribution >= 4 is 11.7 Å². The summed E-state index contributed by atoms with van der Waals surface area (Å²) in [6, 6.07) is 4.38. The van der Waals surface area contributed by atoms with Crippen LogP contribution in [-0.2, 0) is 4.74 Å². The third kappa shape index (κ3) is 6.52. The average molecular weight is 293 g/mol. The monoisotopic (exact) mass is 293 g/mol. The van der Waals surface area contributed by atoms with Gasteiger partial charge < -0.3 is 15.6 Å². The number of hydrogen-bond acceptors (Lipinski definition) is 4. The van der Waals surface area contributed by atoms with E-state index in [2.05, 4.69) is 20.8 Å². The average Bonchev–Trinajstić information content (AvgIpc) is 2.41. The largest absolute Gasteiger partial charge is 0.507 e. The molecule has 4 heteroatoms. The molecule has 0 unspecified atom stereocenters. The molecule has 0 fully saturated rings. The fraction of sp³-hybridized carbons (Fsp3) is 0.588. The Morgan fingerprint density at radius 1 is 1.24 bits per heavy atom. The normalized spacial score (nSPS) is 12.4. The van der Waals surface area contributed by atoms with Crippen LogP contribution < -0.4 is 5.73 Å². The molecule has 1 aromatic carbocycles. The summed E-state index contributed by atoms with van der Waals surface area (Å²) in [5.74, 6) is 0.654. The van der Waals surface area contributed by atoms with Crippen molar-refractivity contribution in [3.05, 3.63) is 23.8 Å². The molecule has 1 atom stereocenters. The lowest BCUT2D eigenvalue weighted by molar-refractivity contribution is 0.0480. The van der Waals surface area contributed by atoms with Gasteiger partial charge >= 0.3 is 5.97 Å². The number of carbonyl (C=O) groups is 1. The van der Waals surface area contributed by atoms with Crippen LogP contribution in [0.15, 0.2) is 18.2 Å². The van der Waals surface area contributed by atoms with E-state index >= 15 is 0 Å². The van der Waals surface area contributed by atoms with Crippen molar-refractivity contribution in [3.8, 4) is 5.75 Å². The van der Waals surface area contributed by atoms with E-state index in [1.54, 1.807) is 6.07 Å². The highest BCUT2D eigenvalue weighted by molar-refractivity contribution is 5.93. The molecule has 0 radical (unpaired) electrons. The first-order chi connectivity index (χ1) is 9.90. The van der Waals surface area contributed by atoms with Crippen molar-refractivity contribution in [1.29, 1.82) is 0 Å². The van der Waals surface area contributed by atoms with Crippen LogP contribution in [0.4, 0.5) is 5.69 Å². The van der Waals surface area contributed by atoms with Crippen LogP contribution in [0.3, 0.4) is 0 Å². The fourth-order valence-electron chi connectivity index (χ4n) is 2.17. The van der Waals surface area contributed by atoms with Crippen LogP contribution in [0.25, 0.3) is 0 Å². The molecule has 1 aromatic rings. The Morgan fingerprint density at radius 3 is 2.62 bits per heavy atom. The van der Waals surface area contributed by atoms with Crippen LogP contribution >= 0.6 is 0 Å². The Kier molecular flexibility index (Phi) is 7.06. The Morgan fingerprint density at radius 2 is 1.95 bits per heavy atom. The Hall–Kier alpha value is -1.71. The van der Waals surface area contributed by atoms with Gasteiger partial charge in [-0.05, 0) is 36.5 Å². The molecule has 0 aromatic heterocycles. The van der Waals surface area contributed by atoms with Crippen molar-refractivity contribution in [2.75, 3.05) is 12.3 Å². The second-order valence-corrected chi connectivity index (χ2v) is 6.13. The first kappa shape index (κ1) is 17.3. The minimum atomic E-state index is -0.519. The quantitative estimate of drug-likeness (QED) is 0.432. The van der Waals surface area contributed by atoms with E-state index in [0.717, 1.165) is 18.8 Å². The SMILES string of the molecule is CC(C)CCC[C@H](C)CCOC(=O)c1cc(N)ccc1O. The van der Waals surface area contributed by atoms with E-state index in [4.69, 9.17) is 10.5 Å². The highest BCUT2D eigenvalue weighted by Crippen LogP contribution is 2.21. The summed E-state index contributed by atoms with van der Waals surface area (Å²) in [7, 11) is 0. The van der Waals surface area contributed by atoms with Gasteiger partial charge in [-0.15, -0.1) is 0 Å². The predicted molar refractivity (Wildman–Crippen MR) is 85.3 cm³/mol. The maximum absolute atomic E-state index is 11.9. The van der Waals surface area contributed by atoms with Crippen LogP contribution in [0.1, 0.15) is 56.8 Å². The summed E-state index contributed by atoms with van der Waals surface area (Å²) >= 11 is 0. The minimum absolute atomic E-state index is 0.0980. The molecule has 21 heavy (non-hydrogen) atoms. The second kappa shape index (κ2) is 8.55. The smallest absolute Gasteiger partial charge is 0.341 e. The van der Waals surface area contributed by atoms with Crippen LogP contribution in [-0.4, -0.2) is 17.7 Å². The number of esters is 1. The third-order valence-electron chi connectivity index (χ3n) is 3.56. The van der Waals surface area contributed by atoms with Gasteiger partial charge in [0.15, 0.2) is 0 Å². The van der Waals surface area contributed by atoms with Gasteiger partial charge in [0.1, 0.15) is 11.3 Å². The summed E-state index contributed by atoms with van der Waals surface area (Å²) < 4.78 is 5.21. The Bertz CT molecular complexity index is 457. The van der Waals surface area contributed by atoms with Crippen molar-refractivity contribution in [2.45, 2.75) is 46.5 Å². The highest BCUT2D eigenvalue weighted by atomic mass is 16.5. The predicted octanol–water partition coefficient (Wildman–Crippen LogP) is 3.98. The topological polar surface area (TPSA) is 72.5 Å². The fourth-order valence-corrected chi connectivity index (χ4v) is 2.17. The zero-order valence-corrected chi connectivity index (χ0v) is 13.3. The Balaban J connectivity index is 2.31. The van der Waals surface area contributed by atoms with Crippen molar-refractivity contribution in [3.63, 3.8) is 0 Å². The molecule has 0 aliphatic carbocycles. The number of nitrogen functional groups attached to an aromatic ring is 1. The van der Waals surface area contributed by atoms with Crippen LogP contribution in [0, 0.1) is 11.8 Å². The first-order valence-electron chi connectivity index (χ1n) is 7.65. The van der Waals surface area contributed by atoms with E-state index < -0.39 is 5.97 Å². The molecule has 1 rings (SSSR count). The minimum Gasteiger partial charge on any atom is -0.507 e. The molecule has 0 saturated carbocycles. The number of anilines is 1. The molecule has 0 bridgehead atoms. The molecule has 0 amide bonds. The number of ether oxygens (including phenoxy) is 1. The van der Waals surface area contributed by atoms with E-state index in [1.165, 1.54) is 25.0 Å². The lowest BCUT2D eigenvalue weighted by atomic mass is 9.98. The molecule has 118 valence electrons.